The number of hydrogen-bond donors (Lipinski definition) is 1. The zero-order chi connectivity index (χ0) is 12.8. The minimum Gasteiger partial charge on any atom is -0.387 e. The van der Waals surface area contributed by atoms with Gasteiger partial charge in [-0.25, -0.2) is 0 Å². The molecule has 1 saturated heterocycles. The van der Waals surface area contributed by atoms with Gasteiger partial charge in [-0.3, -0.25) is 9.79 Å². The maximum absolute atomic E-state index is 11.9. The maximum atomic E-state index is 11.9. The molecule has 18 heavy (non-hydrogen) atoms. The van der Waals surface area contributed by atoms with Gasteiger partial charge < -0.3 is 15.4 Å². The fourth-order valence-corrected chi connectivity index (χ4v) is 2.60. The van der Waals surface area contributed by atoms with Crippen molar-refractivity contribution in [2.24, 2.45) is 16.6 Å². The molecule has 1 saturated carbocycles. The first-order valence-electron chi connectivity index (χ1n) is 6.92. The minimum absolute atomic E-state index is 0.168. The molecule has 1 aliphatic carbocycles. The molecule has 0 spiro atoms. The SMILES string of the molecule is NC(=NCCC(=O)N1CCOCC1)C1CCCC1. The highest BCUT2D eigenvalue weighted by Crippen LogP contribution is 2.24. The number of morpholine rings is 1. The van der Waals surface area contributed by atoms with E-state index in [-0.39, 0.29) is 5.91 Å². The minimum atomic E-state index is 0.168. The third-order valence-electron chi connectivity index (χ3n) is 3.76. The van der Waals surface area contributed by atoms with Gasteiger partial charge in [0, 0.05) is 32.0 Å². The normalized spacial score (nSPS) is 22.4. The summed E-state index contributed by atoms with van der Waals surface area (Å²) in [6.07, 6.45) is 5.30. The topological polar surface area (TPSA) is 67.9 Å². The summed E-state index contributed by atoms with van der Waals surface area (Å²) in [6, 6.07) is 0. The fourth-order valence-electron chi connectivity index (χ4n) is 2.60. The molecule has 0 unspecified atom stereocenters. The van der Waals surface area contributed by atoms with Crippen molar-refractivity contribution in [3.05, 3.63) is 0 Å². The average molecular weight is 253 g/mol. The number of hydrogen-bond acceptors (Lipinski definition) is 3. The Bertz CT molecular complexity index is 305. The lowest BCUT2D eigenvalue weighted by molar-refractivity contribution is -0.135. The monoisotopic (exact) mass is 253 g/mol. The summed E-state index contributed by atoms with van der Waals surface area (Å²) in [5.74, 6) is 1.38. The van der Waals surface area contributed by atoms with Crippen LogP contribution in [0.15, 0.2) is 4.99 Å². The number of rotatable bonds is 4. The van der Waals surface area contributed by atoms with Crippen LogP contribution < -0.4 is 5.73 Å². The molecule has 1 amide bonds. The molecular weight excluding hydrogens is 230 g/mol. The van der Waals surface area contributed by atoms with Gasteiger partial charge in [0.2, 0.25) is 5.91 Å². The molecule has 0 aromatic heterocycles. The summed E-state index contributed by atoms with van der Waals surface area (Å²) < 4.78 is 5.22. The van der Waals surface area contributed by atoms with E-state index in [1.165, 1.54) is 12.8 Å². The van der Waals surface area contributed by atoms with Crippen molar-refractivity contribution in [1.29, 1.82) is 0 Å². The number of carbonyl (C=O) groups excluding carboxylic acids is 1. The number of aliphatic imine (C=N–C) groups is 1. The molecule has 5 heteroatoms. The third-order valence-corrected chi connectivity index (χ3v) is 3.76. The smallest absolute Gasteiger partial charge is 0.224 e. The molecule has 102 valence electrons. The summed E-state index contributed by atoms with van der Waals surface area (Å²) in [4.78, 5) is 18.1. The third kappa shape index (κ3) is 3.70. The van der Waals surface area contributed by atoms with Crippen LogP contribution >= 0.6 is 0 Å². The van der Waals surface area contributed by atoms with E-state index in [9.17, 15) is 4.79 Å². The Morgan fingerprint density at radius 3 is 2.61 bits per heavy atom. The summed E-state index contributed by atoms with van der Waals surface area (Å²) in [5.41, 5.74) is 5.95. The summed E-state index contributed by atoms with van der Waals surface area (Å²) >= 11 is 0. The van der Waals surface area contributed by atoms with E-state index in [1.54, 1.807) is 0 Å². The van der Waals surface area contributed by atoms with Gasteiger partial charge in [0.05, 0.1) is 19.0 Å². The van der Waals surface area contributed by atoms with Gasteiger partial charge in [-0.05, 0) is 12.8 Å². The van der Waals surface area contributed by atoms with Crippen molar-refractivity contribution in [2.75, 3.05) is 32.8 Å². The van der Waals surface area contributed by atoms with Crippen LogP contribution in [-0.4, -0.2) is 49.5 Å². The Labute approximate surface area is 108 Å². The van der Waals surface area contributed by atoms with Crippen molar-refractivity contribution in [3.63, 3.8) is 0 Å². The van der Waals surface area contributed by atoms with Crippen LogP contribution in [0.1, 0.15) is 32.1 Å². The van der Waals surface area contributed by atoms with E-state index in [2.05, 4.69) is 4.99 Å². The van der Waals surface area contributed by atoms with Gasteiger partial charge in [0.15, 0.2) is 0 Å². The first kappa shape index (κ1) is 13.3. The Morgan fingerprint density at radius 1 is 1.28 bits per heavy atom. The summed E-state index contributed by atoms with van der Waals surface area (Å²) in [5, 5.41) is 0. The second-order valence-electron chi connectivity index (χ2n) is 5.03. The molecule has 1 heterocycles. The molecule has 2 rings (SSSR count). The fraction of sp³-hybridized carbons (Fsp3) is 0.846. The zero-order valence-electron chi connectivity index (χ0n) is 10.9. The molecular formula is C13H23N3O2. The van der Waals surface area contributed by atoms with Crippen LogP contribution in [0.3, 0.4) is 0 Å². The zero-order valence-corrected chi connectivity index (χ0v) is 10.9. The van der Waals surface area contributed by atoms with Gasteiger partial charge in [0.25, 0.3) is 0 Å². The van der Waals surface area contributed by atoms with Crippen LogP contribution in [-0.2, 0) is 9.53 Å². The number of carbonyl (C=O) groups is 1. The van der Waals surface area contributed by atoms with E-state index in [1.807, 2.05) is 4.90 Å². The van der Waals surface area contributed by atoms with E-state index in [0.29, 0.717) is 45.2 Å². The van der Waals surface area contributed by atoms with Crippen molar-refractivity contribution >= 4 is 11.7 Å². The second kappa shape index (κ2) is 6.73. The maximum Gasteiger partial charge on any atom is 0.224 e. The molecule has 2 aliphatic rings. The largest absolute Gasteiger partial charge is 0.387 e. The van der Waals surface area contributed by atoms with Crippen molar-refractivity contribution in [3.8, 4) is 0 Å². The first-order chi connectivity index (χ1) is 8.77. The Balaban J connectivity index is 1.70. The number of ether oxygens (including phenoxy) is 1. The second-order valence-corrected chi connectivity index (χ2v) is 5.03. The predicted octanol–water partition coefficient (Wildman–Crippen LogP) is 0.783. The molecule has 0 radical (unpaired) electrons. The van der Waals surface area contributed by atoms with Crippen molar-refractivity contribution in [2.45, 2.75) is 32.1 Å². The van der Waals surface area contributed by atoms with Crippen molar-refractivity contribution < 1.29 is 9.53 Å². The van der Waals surface area contributed by atoms with Gasteiger partial charge in [-0.2, -0.15) is 0 Å². The molecule has 0 aromatic rings. The summed E-state index contributed by atoms with van der Waals surface area (Å²) in [7, 11) is 0. The number of amidine groups is 1. The number of nitrogens with two attached hydrogens (primary N) is 1. The van der Waals surface area contributed by atoms with Gasteiger partial charge in [0.1, 0.15) is 0 Å². The van der Waals surface area contributed by atoms with Gasteiger partial charge >= 0.3 is 0 Å². The quantitative estimate of drug-likeness (QED) is 0.595. The predicted molar refractivity (Wildman–Crippen MR) is 70.5 cm³/mol. The average Bonchev–Trinajstić information content (AvgIpc) is 2.93. The lowest BCUT2D eigenvalue weighted by atomic mass is 10.1. The highest BCUT2D eigenvalue weighted by atomic mass is 16.5. The van der Waals surface area contributed by atoms with Crippen LogP contribution in [0.25, 0.3) is 0 Å². The van der Waals surface area contributed by atoms with E-state index < -0.39 is 0 Å². The van der Waals surface area contributed by atoms with E-state index in [0.717, 1.165) is 18.7 Å². The first-order valence-corrected chi connectivity index (χ1v) is 6.92. The standard InChI is InChI=1S/C13H23N3O2/c14-13(11-3-1-2-4-11)15-6-5-12(17)16-7-9-18-10-8-16/h11H,1-10H2,(H2,14,15). The highest BCUT2D eigenvalue weighted by molar-refractivity contribution is 5.83. The Kier molecular flexibility index (Phi) is 4.99. The van der Waals surface area contributed by atoms with Crippen LogP contribution in [0.2, 0.25) is 0 Å². The van der Waals surface area contributed by atoms with E-state index in [4.69, 9.17) is 10.5 Å². The van der Waals surface area contributed by atoms with Crippen molar-refractivity contribution in [1.82, 2.24) is 4.90 Å². The molecule has 2 fully saturated rings. The molecule has 0 atom stereocenters. The van der Waals surface area contributed by atoms with Gasteiger partial charge in [-0.15, -0.1) is 0 Å². The highest BCUT2D eigenvalue weighted by Gasteiger charge is 2.19. The Hall–Kier alpha value is -1.10. The molecule has 0 aromatic carbocycles. The summed E-state index contributed by atoms with van der Waals surface area (Å²) in [6.45, 7) is 3.25. The van der Waals surface area contributed by atoms with Crippen LogP contribution in [0, 0.1) is 5.92 Å². The Morgan fingerprint density at radius 2 is 1.94 bits per heavy atom. The molecule has 5 nitrogen and oxygen atoms in total. The molecule has 2 N–H and O–H groups in total. The van der Waals surface area contributed by atoms with Crippen LogP contribution in [0.4, 0.5) is 0 Å². The number of nitrogens with zero attached hydrogens (tertiary/aromatic N) is 2. The van der Waals surface area contributed by atoms with Gasteiger partial charge in [-0.1, -0.05) is 12.8 Å². The van der Waals surface area contributed by atoms with Crippen LogP contribution in [0.5, 0.6) is 0 Å². The lowest BCUT2D eigenvalue weighted by Gasteiger charge is -2.26. The molecule has 0 bridgehead atoms. The lowest BCUT2D eigenvalue weighted by Crippen LogP contribution is -2.40. The molecule has 1 aliphatic heterocycles. The van der Waals surface area contributed by atoms with E-state index >= 15 is 0 Å². The number of amides is 1.